The van der Waals surface area contributed by atoms with Gasteiger partial charge in [0.15, 0.2) is 4.80 Å². The molecule has 0 N–H and O–H groups in total. The summed E-state index contributed by atoms with van der Waals surface area (Å²) in [4.78, 5) is 23.4. The van der Waals surface area contributed by atoms with Gasteiger partial charge >= 0.3 is 6.03 Å². The first-order valence-electron chi connectivity index (χ1n) is 8.85. The van der Waals surface area contributed by atoms with Crippen LogP contribution in [0.1, 0.15) is 12.8 Å². The highest BCUT2D eigenvalue weighted by Crippen LogP contribution is 2.21. The Morgan fingerprint density at radius 3 is 2.52 bits per heavy atom. The normalized spacial score (nSPS) is 14.6. The number of urea groups is 1. The number of hydrogen-bond donors (Lipinski definition) is 0. The van der Waals surface area contributed by atoms with Crippen LogP contribution in [0, 0.1) is 0 Å². The Morgan fingerprint density at radius 2 is 1.85 bits per heavy atom. The van der Waals surface area contributed by atoms with Crippen molar-refractivity contribution in [1.29, 1.82) is 0 Å². The van der Waals surface area contributed by atoms with Crippen LogP contribution in [0.2, 0.25) is 0 Å². The maximum absolute atomic E-state index is 12.3. The van der Waals surface area contributed by atoms with E-state index in [2.05, 4.69) is 9.98 Å². The third-order valence-electron chi connectivity index (χ3n) is 4.58. The van der Waals surface area contributed by atoms with Crippen LogP contribution in [0.25, 0.3) is 16.8 Å². The molecule has 0 saturated carbocycles. The zero-order valence-corrected chi connectivity index (χ0v) is 15.9. The fraction of sp³-hybridized carbons (Fsp3) is 0.250. The molecule has 1 aliphatic rings. The summed E-state index contributed by atoms with van der Waals surface area (Å²) in [6.07, 6.45) is 5.85. The van der Waals surface area contributed by atoms with Crippen molar-refractivity contribution in [2.75, 3.05) is 20.2 Å². The minimum atomic E-state index is -0.148. The number of likely N-dealkylation sites (tertiary alicyclic amines) is 1. The second kappa shape index (κ2) is 7.75. The highest BCUT2D eigenvalue weighted by Gasteiger charge is 2.17. The van der Waals surface area contributed by atoms with E-state index >= 15 is 0 Å². The number of pyridine rings is 1. The molecule has 0 atom stereocenters. The van der Waals surface area contributed by atoms with Crippen molar-refractivity contribution >= 4 is 17.4 Å². The number of carbonyl (C=O) groups is 1. The van der Waals surface area contributed by atoms with Gasteiger partial charge in [-0.15, -0.1) is 11.3 Å². The molecule has 1 saturated heterocycles. The lowest BCUT2D eigenvalue weighted by Crippen LogP contribution is -2.27. The molecular weight excluding hydrogens is 360 g/mol. The van der Waals surface area contributed by atoms with Gasteiger partial charge in [0, 0.05) is 48.2 Å². The molecule has 6 nitrogen and oxygen atoms in total. The van der Waals surface area contributed by atoms with E-state index < -0.39 is 0 Å². The molecule has 2 amide bonds. The molecule has 4 rings (SSSR count). The second-order valence-electron chi connectivity index (χ2n) is 6.28. The van der Waals surface area contributed by atoms with Gasteiger partial charge < -0.3 is 9.64 Å². The van der Waals surface area contributed by atoms with Crippen molar-refractivity contribution in [3.8, 4) is 22.7 Å². The highest BCUT2D eigenvalue weighted by molar-refractivity contribution is 7.07. The number of carbonyl (C=O) groups excluding carboxylic acids is 1. The zero-order chi connectivity index (χ0) is 18.6. The average molecular weight is 380 g/mol. The van der Waals surface area contributed by atoms with E-state index in [1.807, 2.05) is 57.4 Å². The Labute approximate surface area is 161 Å². The standard InChI is InChI=1S/C20H20N4O2S/c1-26-18-9-6-16(14-21-18)15-4-7-17(8-5-15)24-12-13-27-20(24)22-19(25)23-10-2-3-11-23/h4-9,12-14H,2-3,10-11H2,1H3. The topological polar surface area (TPSA) is 59.7 Å². The summed E-state index contributed by atoms with van der Waals surface area (Å²) in [6.45, 7) is 1.61. The fourth-order valence-electron chi connectivity index (χ4n) is 3.10. The predicted octanol–water partition coefficient (Wildman–Crippen LogP) is 3.73. The molecule has 27 heavy (non-hydrogen) atoms. The maximum Gasteiger partial charge on any atom is 0.346 e. The molecule has 0 spiro atoms. The van der Waals surface area contributed by atoms with Crippen molar-refractivity contribution in [2.24, 2.45) is 4.99 Å². The molecule has 0 radical (unpaired) electrons. The van der Waals surface area contributed by atoms with E-state index in [4.69, 9.17) is 4.74 Å². The van der Waals surface area contributed by atoms with Crippen LogP contribution in [0.5, 0.6) is 5.88 Å². The Hall–Kier alpha value is -2.93. The van der Waals surface area contributed by atoms with E-state index in [9.17, 15) is 4.79 Å². The summed E-state index contributed by atoms with van der Waals surface area (Å²) in [5.41, 5.74) is 3.05. The van der Waals surface area contributed by atoms with Gasteiger partial charge in [0.05, 0.1) is 7.11 Å². The van der Waals surface area contributed by atoms with Gasteiger partial charge in [0.2, 0.25) is 5.88 Å². The lowest BCUT2D eigenvalue weighted by atomic mass is 10.1. The monoisotopic (exact) mass is 380 g/mol. The van der Waals surface area contributed by atoms with E-state index in [0.29, 0.717) is 10.7 Å². The maximum atomic E-state index is 12.3. The SMILES string of the molecule is COc1ccc(-c2ccc(-n3ccsc3=NC(=O)N3CCCC3)cc2)cn1. The molecule has 3 aromatic rings. The zero-order valence-electron chi connectivity index (χ0n) is 15.0. The first-order valence-corrected chi connectivity index (χ1v) is 9.73. The van der Waals surface area contributed by atoms with Gasteiger partial charge in [-0.05, 0) is 36.6 Å². The molecule has 0 bridgehead atoms. The number of thiazole rings is 1. The van der Waals surface area contributed by atoms with Crippen LogP contribution in [0.15, 0.2) is 59.2 Å². The summed E-state index contributed by atoms with van der Waals surface area (Å²) in [7, 11) is 1.60. The average Bonchev–Trinajstić information content (AvgIpc) is 3.40. The van der Waals surface area contributed by atoms with Gasteiger partial charge in [-0.1, -0.05) is 12.1 Å². The van der Waals surface area contributed by atoms with Crippen LogP contribution in [-0.2, 0) is 0 Å². The molecule has 0 aliphatic carbocycles. The Morgan fingerprint density at radius 1 is 1.11 bits per heavy atom. The number of amides is 2. The number of benzene rings is 1. The number of hydrogen-bond acceptors (Lipinski definition) is 4. The predicted molar refractivity (Wildman–Crippen MR) is 105 cm³/mol. The van der Waals surface area contributed by atoms with E-state index in [0.717, 1.165) is 42.7 Å². The van der Waals surface area contributed by atoms with Crippen LogP contribution in [-0.4, -0.2) is 40.7 Å². The minimum Gasteiger partial charge on any atom is -0.481 e. The van der Waals surface area contributed by atoms with Crippen molar-refractivity contribution in [3.05, 3.63) is 59.0 Å². The highest BCUT2D eigenvalue weighted by atomic mass is 32.1. The lowest BCUT2D eigenvalue weighted by molar-refractivity contribution is 0.218. The molecule has 1 aliphatic heterocycles. The minimum absolute atomic E-state index is 0.148. The molecule has 1 fully saturated rings. The van der Waals surface area contributed by atoms with Gasteiger partial charge in [0.25, 0.3) is 0 Å². The Kier molecular flexibility index (Phi) is 5.02. The molecule has 1 aromatic carbocycles. The number of ether oxygens (including phenoxy) is 1. The first kappa shape index (κ1) is 17.5. The summed E-state index contributed by atoms with van der Waals surface area (Å²) in [5.74, 6) is 0.595. The molecule has 138 valence electrons. The molecule has 2 aromatic heterocycles. The summed E-state index contributed by atoms with van der Waals surface area (Å²) in [6, 6.07) is 11.8. The number of methoxy groups -OCH3 is 1. The molecule has 7 heteroatoms. The van der Waals surface area contributed by atoms with Gasteiger partial charge in [-0.2, -0.15) is 4.99 Å². The van der Waals surface area contributed by atoms with E-state index in [1.54, 1.807) is 13.3 Å². The van der Waals surface area contributed by atoms with Crippen molar-refractivity contribution in [1.82, 2.24) is 14.5 Å². The fourth-order valence-corrected chi connectivity index (χ4v) is 3.81. The van der Waals surface area contributed by atoms with Gasteiger partial charge in [-0.3, -0.25) is 4.57 Å². The first-order chi connectivity index (χ1) is 13.2. The molecular formula is C20H20N4O2S. The largest absolute Gasteiger partial charge is 0.481 e. The Balaban J connectivity index is 1.59. The third-order valence-corrected chi connectivity index (χ3v) is 5.34. The van der Waals surface area contributed by atoms with E-state index in [-0.39, 0.29) is 6.03 Å². The van der Waals surface area contributed by atoms with Crippen LogP contribution >= 0.6 is 11.3 Å². The third kappa shape index (κ3) is 3.78. The molecule has 3 heterocycles. The van der Waals surface area contributed by atoms with Crippen molar-refractivity contribution < 1.29 is 9.53 Å². The number of aromatic nitrogens is 2. The smallest absolute Gasteiger partial charge is 0.346 e. The summed E-state index contributed by atoms with van der Waals surface area (Å²) < 4.78 is 7.04. The van der Waals surface area contributed by atoms with Crippen molar-refractivity contribution in [2.45, 2.75) is 12.8 Å². The van der Waals surface area contributed by atoms with Crippen LogP contribution in [0.4, 0.5) is 4.79 Å². The van der Waals surface area contributed by atoms with E-state index in [1.165, 1.54) is 11.3 Å². The molecule has 0 unspecified atom stereocenters. The number of nitrogens with zero attached hydrogens (tertiary/aromatic N) is 4. The second-order valence-corrected chi connectivity index (χ2v) is 7.15. The summed E-state index contributed by atoms with van der Waals surface area (Å²) in [5, 5.41) is 1.94. The number of rotatable bonds is 3. The quantitative estimate of drug-likeness (QED) is 0.696. The van der Waals surface area contributed by atoms with Crippen LogP contribution < -0.4 is 9.54 Å². The lowest BCUT2D eigenvalue weighted by Gasteiger charge is -2.11. The van der Waals surface area contributed by atoms with Crippen molar-refractivity contribution in [3.63, 3.8) is 0 Å². The summed E-state index contributed by atoms with van der Waals surface area (Å²) >= 11 is 1.46. The van der Waals surface area contributed by atoms with Crippen LogP contribution in [0.3, 0.4) is 0 Å². The van der Waals surface area contributed by atoms with Gasteiger partial charge in [0.1, 0.15) is 0 Å². The van der Waals surface area contributed by atoms with Gasteiger partial charge in [-0.25, -0.2) is 9.78 Å². The Bertz CT molecular complexity index is 984.